The fourth-order valence-corrected chi connectivity index (χ4v) is 1.50. The number of amides is 2. The van der Waals surface area contributed by atoms with E-state index in [-0.39, 0.29) is 18.4 Å². The van der Waals surface area contributed by atoms with Gasteiger partial charge in [-0.1, -0.05) is 0 Å². The van der Waals surface area contributed by atoms with Gasteiger partial charge >= 0.3 is 11.8 Å². The largest absolute Gasteiger partial charge is 0.361 e. The molecule has 0 aliphatic carbocycles. The van der Waals surface area contributed by atoms with E-state index in [2.05, 4.69) is 5.32 Å². The minimum atomic E-state index is -0.881. The van der Waals surface area contributed by atoms with Gasteiger partial charge in [0.05, 0.1) is 0 Å². The van der Waals surface area contributed by atoms with Gasteiger partial charge < -0.3 is 16.0 Å². The third-order valence-electron chi connectivity index (χ3n) is 2.35. The first kappa shape index (κ1) is 13.2. The smallest absolute Gasteiger partial charge is 0.311 e. The van der Waals surface area contributed by atoms with Crippen LogP contribution in [0.4, 0.5) is 0 Å². The summed E-state index contributed by atoms with van der Waals surface area (Å²) >= 11 is 0. The summed E-state index contributed by atoms with van der Waals surface area (Å²) < 4.78 is 0. The molecule has 1 atom stereocenters. The van der Waals surface area contributed by atoms with E-state index in [1.807, 2.05) is 0 Å². The number of hydrogen-bond donors (Lipinski definition) is 2. The average molecular weight is 222 g/mol. The Bertz CT molecular complexity index is 217. The zero-order valence-corrected chi connectivity index (χ0v) is 8.97. The first-order valence-electron chi connectivity index (χ1n) is 4.40. The van der Waals surface area contributed by atoms with Crippen molar-refractivity contribution in [1.82, 2.24) is 10.2 Å². The molecule has 5 nitrogen and oxygen atoms in total. The third-order valence-corrected chi connectivity index (χ3v) is 2.35. The van der Waals surface area contributed by atoms with Crippen LogP contribution in [-0.4, -0.2) is 42.9 Å². The molecule has 1 heterocycles. The van der Waals surface area contributed by atoms with Gasteiger partial charge in [0, 0.05) is 19.6 Å². The van der Waals surface area contributed by atoms with E-state index in [1.54, 1.807) is 7.05 Å². The predicted octanol–water partition coefficient (Wildman–Crippen LogP) is -0.896. The molecule has 0 aromatic rings. The molecule has 0 spiro atoms. The number of primary amides is 1. The van der Waals surface area contributed by atoms with E-state index in [9.17, 15) is 9.59 Å². The van der Waals surface area contributed by atoms with Gasteiger partial charge in [0.25, 0.3) is 0 Å². The van der Waals surface area contributed by atoms with E-state index >= 15 is 0 Å². The van der Waals surface area contributed by atoms with Gasteiger partial charge in [-0.05, 0) is 19.4 Å². The van der Waals surface area contributed by atoms with Crippen molar-refractivity contribution in [3.63, 3.8) is 0 Å². The lowest BCUT2D eigenvalue weighted by atomic mass is 10.1. The number of rotatable bonds is 1. The number of nitrogens with two attached hydrogens (primary N) is 1. The molecule has 1 saturated heterocycles. The maximum Gasteiger partial charge on any atom is 0.311 e. The summed E-state index contributed by atoms with van der Waals surface area (Å²) in [6, 6.07) is 0.105. The van der Waals surface area contributed by atoms with E-state index in [4.69, 9.17) is 5.73 Å². The molecule has 2 amide bonds. The van der Waals surface area contributed by atoms with Crippen molar-refractivity contribution in [2.24, 2.45) is 5.73 Å². The highest BCUT2D eigenvalue weighted by Crippen LogP contribution is 2.08. The van der Waals surface area contributed by atoms with Crippen LogP contribution in [0.5, 0.6) is 0 Å². The lowest BCUT2D eigenvalue weighted by Gasteiger charge is -2.30. The maximum absolute atomic E-state index is 11.2. The van der Waals surface area contributed by atoms with E-state index in [0.29, 0.717) is 0 Å². The van der Waals surface area contributed by atoms with Crippen LogP contribution >= 0.6 is 12.4 Å². The second kappa shape index (κ2) is 5.82. The molecule has 1 aliphatic rings. The summed E-state index contributed by atoms with van der Waals surface area (Å²) in [5.74, 6) is -1.48. The molecule has 1 rings (SSSR count). The van der Waals surface area contributed by atoms with Crippen LogP contribution in [0.15, 0.2) is 0 Å². The van der Waals surface area contributed by atoms with Gasteiger partial charge in [0.1, 0.15) is 0 Å². The Hall–Kier alpha value is -0.810. The second-order valence-electron chi connectivity index (χ2n) is 3.28. The second-order valence-corrected chi connectivity index (χ2v) is 3.28. The standard InChI is InChI=1S/C8H15N3O2.ClH/c1-11(8(13)7(9)12)6-3-2-4-10-5-6;/h6,10H,2-5H2,1H3,(H2,9,12);1H. The molecule has 0 aromatic carbocycles. The molecule has 1 unspecified atom stereocenters. The summed E-state index contributed by atoms with van der Waals surface area (Å²) in [7, 11) is 1.62. The van der Waals surface area contributed by atoms with Crippen molar-refractivity contribution in [2.75, 3.05) is 20.1 Å². The van der Waals surface area contributed by atoms with Gasteiger partial charge in [-0.3, -0.25) is 9.59 Å². The Morgan fingerprint density at radius 1 is 1.50 bits per heavy atom. The van der Waals surface area contributed by atoms with Crippen LogP contribution in [-0.2, 0) is 9.59 Å². The zero-order valence-electron chi connectivity index (χ0n) is 8.16. The van der Waals surface area contributed by atoms with Crippen molar-refractivity contribution in [3.8, 4) is 0 Å². The van der Waals surface area contributed by atoms with Crippen LogP contribution in [0.3, 0.4) is 0 Å². The molecule has 0 radical (unpaired) electrons. The van der Waals surface area contributed by atoms with Crippen LogP contribution in [0.25, 0.3) is 0 Å². The summed E-state index contributed by atoms with van der Waals surface area (Å²) in [5, 5.41) is 3.16. The van der Waals surface area contributed by atoms with Gasteiger partial charge in [-0.25, -0.2) is 0 Å². The van der Waals surface area contributed by atoms with Gasteiger partial charge in [0.15, 0.2) is 0 Å². The summed E-state index contributed by atoms with van der Waals surface area (Å²) in [5.41, 5.74) is 4.89. The molecular formula is C8H16ClN3O2. The lowest BCUT2D eigenvalue weighted by Crippen LogP contribution is -2.50. The topological polar surface area (TPSA) is 75.4 Å². The molecule has 6 heteroatoms. The molecule has 14 heavy (non-hydrogen) atoms. The molecule has 3 N–H and O–H groups in total. The number of nitrogens with zero attached hydrogens (tertiary/aromatic N) is 1. The van der Waals surface area contributed by atoms with Gasteiger partial charge in [0.2, 0.25) is 0 Å². The Labute approximate surface area is 89.4 Å². The van der Waals surface area contributed by atoms with Gasteiger partial charge in [-0.2, -0.15) is 0 Å². The monoisotopic (exact) mass is 221 g/mol. The Balaban J connectivity index is 0.00000169. The van der Waals surface area contributed by atoms with Crippen LogP contribution in [0, 0.1) is 0 Å². The number of piperidine rings is 1. The van der Waals surface area contributed by atoms with Crippen LogP contribution < -0.4 is 11.1 Å². The fraction of sp³-hybridized carbons (Fsp3) is 0.750. The third kappa shape index (κ3) is 3.16. The van der Waals surface area contributed by atoms with Crippen LogP contribution in [0.2, 0.25) is 0 Å². The minimum absolute atomic E-state index is 0. The summed E-state index contributed by atoms with van der Waals surface area (Å²) in [4.78, 5) is 23.2. The predicted molar refractivity (Wildman–Crippen MR) is 55.1 cm³/mol. The number of halogens is 1. The summed E-state index contributed by atoms with van der Waals surface area (Å²) in [6.07, 6.45) is 1.96. The van der Waals surface area contributed by atoms with Crippen molar-refractivity contribution in [1.29, 1.82) is 0 Å². The van der Waals surface area contributed by atoms with Crippen molar-refractivity contribution >= 4 is 24.2 Å². The molecule has 0 aromatic heterocycles. The maximum atomic E-state index is 11.2. The average Bonchev–Trinajstić information content (AvgIpc) is 2.17. The first-order chi connectivity index (χ1) is 6.13. The molecule has 82 valence electrons. The highest BCUT2D eigenvalue weighted by molar-refractivity contribution is 6.34. The van der Waals surface area contributed by atoms with Crippen molar-refractivity contribution in [3.05, 3.63) is 0 Å². The number of likely N-dealkylation sites (N-methyl/N-ethyl adjacent to an activating group) is 1. The molecule has 0 saturated carbocycles. The SMILES string of the molecule is CN(C(=O)C(N)=O)C1CCCNC1.Cl. The lowest BCUT2D eigenvalue weighted by molar-refractivity contribution is -0.144. The Kier molecular flexibility index (Phi) is 5.49. The summed E-state index contributed by atoms with van der Waals surface area (Å²) in [6.45, 7) is 1.73. The molecule has 1 aliphatic heterocycles. The Morgan fingerprint density at radius 2 is 2.14 bits per heavy atom. The number of hydrogen-bond acceptors (Lipinski definition) is 3. The number of carbonyl (C=O) groups is 2. The number of carbonyl (C=O) groups excluding carboxylic acids is 2. The quantitative estimate of drug-likeness (QED) is 0.564. The normalized spacial score (nSPS) is 20.8. The first-order valence-corrected chi connectivity index (χ1v) is 4.40. The molecule has 0 bridgehead atoms. The fourth-order valence-electron chi connectivity index (χ4n) is 1.50. The molecule has 1 fully saturated rings. The number of nitrogens with one attached hydrogen (secondary N) is 1. The Morgan fingerprint density at radius 3 is 2.57 bits per heavy atom. The minimum Gasteiger partial charge on any atom is -0.361 e. The highest BCUT2D eigenvalue weighted by Gasteiger charge is 2.24. The molecular weight excluding hydrogens is 206 g/mol. The highest BCUT2D eigenvalue weighted by atomic mass is 35.5. The van der Waals surface area contributed by atoms with Crippen molar-refractivity contribution < 1.29 is 9.59 Å². The van der Waals surface area contributed by atoms with Crippen molar-refractivity contribution in [2.45, 2.75) is 18.9 Å². The van der Waals surface area contributed by atoms with E-state index in [1.165, 1.54) is 4.90 Å². The van der Waals surface area contributed by atoms with E-state index in [0.717, 1.165) is 25.9 Å². The van der Waals surface area contributed by atoms with E-state index < -0.39 is 11.8 Å². The zero-order chi connectivity index (χ0) is 9.84. The van der Waals surface area contributed by atoms with Crippen LogP contribution in [0.1, 0.15) is 12.8 Å². The van der Waals surface area contributed by atoms with Gasteiger partial charge in [-0.15, -0.1) is 12.4 Å².